The summed E-state index contributed by atoms with van der Waals surface area (Å²) in [5.41, 5.74) is 9.19. The molecule has 108 valence electrons. The van der Waals surface area contributed by atoms with Crippen LogP contribution in [-0.2, 0) is 5.75 Å². The van der Waals surface area contributed by atoms with Gasteiger partial charge < -0.3 is 5.73 Å². The standard InChI is InChI=1S/C18H18FNS/c1-13-5-8-17(10-14(13)2)21-12-16-7-6-15(4-3-9-20)11-18(16)19/h5-8,10-11H,9,12,20H2,1-2H3. The minimum Gasteiger partial charge on any atom is -0.320 e. The lowest BCUT2D eigenvalue weighted by Crippen LogP contribution is -1.94. The van der Waals surface area contributed by atoms with Gasteiger partial charge in [-0.1, -0.05) is 24.0 Å². The highest BCUT2D eigenvalue weighted by Gasteiger charge is 2.04. The van der Waals surface area contributed by atoms with Crippen LogP contribution >= 0.6 is 11.8 Å². The molecule has 2 N–H and O–H groups in total. The van der Waals surface area contributed by atoms with E-state index in [0.717, 1.165) is 4.90 Å². The van der Waals surface area contributed by atoms with E-state index < -0.39 is 0 Å². The third kappa shape index (κ3) is 4.35. The molecule has 21 heavy (non-hydrogen) atoms. The molecule has 1 nitrogen and oxygen atoms in total. The summed E-state index contributed by atoms with van der Waals surface area (Å²) in [4.78, 5) is 1.16. The van der Waals surface area contributed by atoms with E-state index in [0.29, 0.717) is 16.9 Å². The Kier molecular flexibility index (Phi) is 5.44. The smallest absolute Gasteiger partial charge is 0.128 e. The van der Waals surface area contributed by atoms with Crippen molar-refractivity contribution >= 4 is 11.8 Å². The van der Waals surface area contributed by atoms with Gasteiger partial charge in [0.05, 0.1) is 6.54 Å². The fourth-order valence-corrected chi connectivity index (χ4v) is 2.84. The Morgan fingerprint density at radius 3 is 2.57 bits per heavy atom. The van der Waals surface area contributed by atoms with Gasteiger partial charge in [-0.3, -0.25) is 0 Å². The zero-order valence-electron chi connectivity index (χ0n) is 12.2. The summed E-state index contributed by atoms with van der Waals surface area (Å²) in [6.07, 6.45) is 0. The fourth-order valence-electron chi connectivity index (χ4n) is 1.86. The molecule has 0 heterocycles. The predicted molar refractivity (Wildman–Crippen MR) is 87.8 cm³/mol. The number of nitrogens with two attached hydrogens (primary N) is 1. The first-order chi connectivity index (χ1) is 10.1. The number of aryl methyl sites for hydroxylation is 2. The lowest BCUT2D eigenvalue weighted by molar-refractivity contribution is 0.617. The molecule has 0 spiro atoms. The molecule has 0 aromatic heterocycles. The summed E-state index contributed by atoms with van der Waals surface area (Å²) < 4.78 is 14.0. The number of thioether (sulfide) groups is 1. The van der Waals surface area contributed by atoms with Gasteiger partial charge in [0.2, 0.25) is 0 Å². The van der Waals surface area contributed by atoms with Crippen molar-refractivity contribution in [1.29, 1.82) is 0 Å². The average Bonchev–Trinajstić information content (AvgIpc) is 2.47. The maximum atomic E-state index is 14.0. The molecule has 0 amide bonds. The van der Waals surface area contributed by atoms with Crippen LogP contribution in [0.25, 0.3) is 0 Å². The van der Waals surface area contributed by atoms with Crippen LogP contribution in [0.5, 0.6) is 0 Å². The highest BCUT2D eigenvalue weighted by molar-refractivity contribution is 7.98. The van der Waals surface area contributed by atoms with E-state index in [-0.39, 0.29) is 12.4 Å². The Bertz CT molecular complexity index is 698. The van der Waals surface area contributed by atoms with Crippen LogP contribution in [0, 0.1) is 31.5 Å². The quantitative estimate of drug-likeness (QED) is 0.683. The third-order valence-corrected chi connectivity index (χ3v) is 4.30. The summed E-state index contributed by atoms with van der Waals surface area (Å²) in [5, 5.41) is 0. The molecule has 2 aromatic rings. The van der Waals surface area contributed by atoms with Crippen molar-refractivity contribution < 1.29 is 4.39 Å². The second kappa shape index (κ2) is 7.31. The first-order valence-corrected chi connectivity index (χ1v) is 7.76. The van der Waals surface area contributed by atoms with Crippen molar-refractivity contribution in [3.8, 4) is 11.8 Å². The topological polar surface area (TPSA) is 26.0 Å². The molecule has 3 heteroatoms. The fraction of sp³-hybridized carbons (Fsp3) is 0.222. The van der Waals surface area contributed by atoms with E-state index >= 15 is 0 Å². The SMILES string of the molecule is Cc1ccc(SCc2ccc(C#CCN)cc2F)cc1C. The molecule has 0 radical (unpaired) electrons. The Labute approximate surface area is 129 Å². The molecular weight excluding hydrogens is 281 g/mol. The molecule has 0 aliphatic carbocycles. The maximum Gasteiger partial charge on any atom is 0.128 e. The summed E-state index contributed by atoms with van der Waals surface area (Å²) in [6.45, 7) is 4.46. The van der Waals surface area contributed by atoms with E-state index in [1.807, 2.05) is 6.07 Å². The number of halogens is 1. The van der Waals surface area contributed by atoms with E-state index in [4.69, 9.17) is 5.73 Å². The van der Waals surface area contributed by atoms with E-state index in [2.05, 4.69) is 43.9 Å². The lowest BCUT2D eigenvalue weighted by atomic mass is 10.1. The molecule has 0 saturated carbocycles. The van der Waals surface area contributed by atoms with Gasteiger partial charge in [-0.25, -0.2) is 4.39 Å². The molecule has 0 saturated heterocycles. The first-order valence-electron chi connectivity index (χ1n) is 6.77. The Morgan fingerprint density at radius 2 is 1.90 bits per heavy atom. The average molecular weight is 299 g/mol. The number of hydrogen-bond acceptors (Lipinski definition) is 2. The second-order valence-electron chi connectivity index (χ2n) is 4.85. The lowest BCUT2D eigenvalue weighted by Gasteiger charge is -2.06. The molecule has 2 aromatic carbocycles. The molecule has 0 aliphatic heterocycles. The summed E-state index contributed by atoms with van der Waals surface area (Å²) in [5.74, 6) is 5.96. The normalized spacial score (nSPS) is 10.1. The van der Waals surface area contributed by atoms with Crippen molar-refractivity contribution in [3.63, 3.8) is 0 Å². The maximum absolute atomic E-state index is 14.0. The van der Waals surface area contributed by atoms with Crippen molar-refractivity contribution in [2.24, 2.45) is 5.73 Å². The third-order valence-electron chi connectivity index (χ3n) is 3.26. The largest absolute Gasteiger partial charge is 0.320 e. The molecule has 0 aliphatic rings. The van der Waals surface area contributed by atoms with Crippen molar-refractivity contribution in [3.05, 3.63) is 64.5 Å². The highest BCUT2D eigenvalue weighted by Crippen LogP contribution is 2.26. The minimum absolute atomic E-state index is 0.213. The Hall–Kier alpha value is -1.76. The van der Waals surface area contributed by atoms with Crippen molar-refractivity contribution in [2.45, 2.75) is 24.5 Å². The minimum atomic E-state index is -0.213. The van der Waals surface area contributed by atoms with Crippen molar-refractivity contribution in [2.75, 3.05) is 6.54 Å². The van der Waals surface area contributed by atoms with Gasteiger partial charge in [0, 0.05) is 16.2 Å². The molecule has 0 fully saturated rings. The Morgan fingerprint density at radius 1 is 1.10 bits per heavy atom. The summed E-state index contributed by atoms with van der Waals surface area (Å²) in [7, 11) is 0. The Balaban J connectivity index is 2.07. The van der Waals surface area contributed by atoms with Crippen LogP contribution in [0.1, 0.15) is 22.3 Å². The van der Waals surface area contributed by atoms with Gasteiger partial charge in [0.25, 0.3) is 0 Å². The molecule has 0 bridgehead atoms. The zero-order valence-corrected chi connectivity index (χ0v) is 13.1. The number of benzene rings is 2. The van der Waals surface area contributed by atoms with E-state index in [1.54, 1.807) is 17.8 Å². The summed E-state index contributed by atoms with van der Waals surface area (Å²) in [6, 6.07) is 11.4. The van der Waals surface area contributed by atoms with Crippen LogP contribution in [0.3, 0.4) is 0 Å². The van der Waals surface area contributed by atoms with Gasteiger partial charge in [0.1, 0.15) is 5.82 Å². The van der Waals surface area contributed by atoms with Crippen molar-refractivity contribution in [1.82, 2.24) is 0 Å². The van der Waals surface area contributed by atoms with Gasteiger partial charge >= 0.3 is 0 Å². The van der Waals surface area contributed by atoms with Gasteiger partial charge in [-0.2, -0.15) is 0 Å². The first kappa shape index (κ1) is 15.6. The molecular formula is C18H18FNS. The predicted octanol–water partition coefficient (Wildman–Crippen LogP) is 4.05. The van der Waals surface area contributed by atoms with Crippen LogP contribution < -0.4 is 5.73 Å². The summed E-state index contributed by atoms with van der Waals surface area (Å²) >= 11 is 1.64. The zero-order chi connectivity index (χ0) is 15.2. The number of rotatable bonds is 3. The highest BCUT2D eigenvalue weighted by atomic mass is 32.2. The second-order valence-corrected chi connectivity index (χ2v) is 5.90. The number of hydrogen-bond donors (Lipinski definition) is 1. The van der Waals surface area contributed by atoms with Gasteiger partial charge in [0.15, 0.2) is 0 Å². The van der Waals surface area contributed by atoms with Gasteiger partial charge in [-0.05, 0) is 54.8 Å². The van der Waals surface area contributed by atoms with E-state index in [1.165, 1.54) is 17.2 Å². The van der Waals surface area contributed by atoms with Crippen LogP contribution in [0.2, 0.25) is 0 Å². The van der Waals surface area contributed by atoms with E-state index in [9.17, 15) is 4.39 Å². The van der Waals surface area contributed by atoms with Gasteiger partial charge in [-0.15, -0.1) is 11.8 Å². The monoisotopic (exact) mass is 299 g/mol. The molecule has 0 unspecified atom stereocenters. The molecule has 0 atom stereocenters. The van der Waals surface area contributed by atoms with Crippen LogP contribution in [-0.4, -0.2) is 6.54 Å². The van der Waals surface area contributed by atoms with Crippen LogP contribution in [0.4, 0.5) is 4.39 Å². The van der Waals surface area contributed by atoms with Crippen LogP contribution in [0.15, 0.2) is 41.3 Å². The molecule has 2 rings (SSSR count).